The first kappa shape index (κ1) is 15.4. The Morgan fingerprint density at radius 3 is 2.15 bits per heavy atom. The van der Waals surface area contributed by atoms with Gasteiger partial charge in [0.1, 0.15) is 18.0 Å². The minimum Gasteiger partial charge on any atom is -0.356 e. The molecule has 0 N–H and O–H groups in total. The second-order valence-electron chi connectivity index (χ2n) is 6.90. The lowest BCUT2D eigenvalue weighted by atomic mass is 9.85. The minimum atomic E-state index is -0.509. The number of imidazole rings is 1. The molecule has 1 aliphatic rings. The van der Waals surface area contributed by atoms with E-state index >= 15 is 0 Å². The lowest BCUT2D eigenvalue weighted by molar-refractivity contribution is -0.0657. The number of ether oxygens (including phenoxy) is 1. The summed E-state index contributed by atoms with van der Waals surface area (Å²) in [4.78, 5) is 4.80. The fourth-order valence-corrected chi connectivity index (χ4v) is 4.08. The summed E-state index contributed by atoms with van der Waals surface area (Å²) < 4.78 is 8.89. The first-order chi connectivity index (χ1) is 12.8. The van der Waals surface area contributed by atoms with Crippen LogP contribution in [0.3, 0.4) is 0 Å². The van der Waals surface area contributed by atoms with Gasteiger partial charge in [-0.2, -0.15) is 0 Å². The number of rotatable bonds is 2. The van der Waals surface area contributed by atoms with Crippen LogP contribution in [0.15, 0.2) is 78.9 Å². The molecule has 3 aromatic carbocycles. The van der Waals surface area contributed by atoms with E-state index in [0.717, 1.165) is 17.9 Å². The van der Waals surface area contributed by atoms with Crippen LogP contribution in [0.5, 0.6) is 0 Å². The highest BCUT2D eigenvalue weighted by Crippen LogP contribution is 2.40. The quantitative estimate of drug-likeness (QED) is 0.523. The number of hydrogen-bond donors (Lipinski definition) is 0. The summed E-state index contributed by atoms with van der Waals surface area (Å²) in [6, 6.07) is 27.3. The molecule has 0 amide bonds. The molecule has 3 heteroatoms. The molecule has 1 aromatic heterocycles. The molecular formula is C23H20N2O. The van der Waals surface area contributed by atoms with Crippen LogP contribution in [0, 0.1) is 6.92 Å². The minimum absolute atomic E-state index is 0.498. The average Bonchev–Trinajstić information content (AvgIpc) is 3.08. The summed E-state index contributed by atoms with van der Waals surface area (Å²) in [5, 5.41) is 0. The van der Waals surface area contributed by atoms with Gasteiger partial charge in [-0.3, -0.25) is 0 Å². The number of aromatic nitrogens is 2. The Hall–Kier alpha value is -2.91. The molecule has 128 valence electrons. The molecule has 0 atom stereocenters. The molecule has 2 heterocycles. The molecular weight excluding hydrogens is 320 g/mol. The number of fused-ring (bicyclic) bond motifs is 3. The molecule has 0 saturated heterocycles. The highest BCUT2D eigenvalue weighted by atomic mass is 16.5. The summed E-state index contributed by atoms with van der Waals surface area (Å²) in [6.45, 7) is 3.37. The van der Waals surface area contributed by atoms with Crippen LogP contribution < -0.4 is 0 Å². The second-order valence-corrected chi connectivity index (χ2v) is 6.90. The van der Waals surface area contributed by atoms with Crippen molar-refractivity contribution in [3.8, 4) is 0 Å². The maximum Gasteiger partial charge on any atom is 0.137 e. The fraction of sp³-hybridized carbons (Fsp3) is 0.174. The van der Waals surface area contributed by atoms with Crippen LogP contribution in [0.25, 0.3) is 11.0 Å². The molecule has 3 nitrogen and oxygen atoms in total. The zero-order chi connectivity index (χ0) is 17.6. The van der Waals surface area contributed by atoms with E-state index in [4.69, 9.17) is 9.72 Å². The third-order valence-corrected chi connectivity index (χ3v) is 5.36. The molecule has 4 aromatic rings. The first-order valence-electron chi connectivity index (χ1n) is 8.98. The summed E-state index contributed by atoms with van der Waals surface area (Å²) in [5.74, 6) is 0.997. The summed E-state index contributed by atoms with van der Waals surface area (Å²) in [6.07, 6.45) is 0. The van der Waals surface area contributed by atoms with Crippen LogP contribution in [0.4, 0.5) is 0 Å². The third kappa shape index (κ3) is 2.21. The van der Waals surface area contributed by atoms with Gasteiger partial charge in [-0.05, 0) is 29.7 Å². The Bertz CT molecular complexity index is 1030. The van der Waals surface area contributed by atoms with E-state index in [1.807, 2.05) is 12.1 Å². The molecule has 0 spiro atoms. The predicted octanol–water partition coefficient (Wildman–Crippen LogP) is 4.82. The van der Waals surface area contributed by atoms with Gasteiger partial charge < -0.3 is 9.30 Å². The van der Waals surface area contributed by atoms with Gasteiger partial charge >= 0.3 is 0 Å². The molecule has 0 bridgehead atoms. The van der Waals surface area contributed by atoms with Gasteiger partial charge in [0.15, 0.2) is 0 Å². The topological polar surface area (TPSA) is 27.1 Å². The van der Waals surface area contributed by atoms with Crippen LogP contribution in [0.1, 0.15) is 22.5 Å². The van der Waals surface area contributed by atoms with E-state index in [-0.39, 0.29) is 0 Å². The van der Waals surface area contributed by atoms with E-state index in [0.29, 0.717) is 6.61 Å². The maximum absolute atomic E-state index is 6.55. The summed E-state index contributed by atoms with van der Waals surface area (Å²) in [5.41, 5.74) is 5.34. The van der Waals surface area contributed by atoms with E-state index in [1.54, 1.807) is 0 Å². The largest absolute Gasteiger partial charge is 0.356 e. The van der Waals surface area contributed by atoms with Crippen molar-refractivity contribution < 1.29 is 4.74 Å². The first-order valence-corrected chi connectivity index (χ1v) is 8.98. The number of aryl methyl sites for hydroxylation is 1. The fourth-order valence-electron chi connectivity index (χ4n) is 4.08. The van der Waals surface area contributed by atoms with E-state index < -0.39 is 5.60 Å². The van der Waals surface area contributed by atoms with Gasteiger partial charge in [0.25, 0.3) is 0 Å². The Labute approximate surface area is 152 Å². The lowest BCUT2D eigenvalue weighted by Gasteiger charge is -2.39. The SMILES string of the molecule is Cc1cccc2nc3n(c12)CC(c1ccccc1)(c1ccccc1)OC3. The molecule has 1 aliphatic heterocycles. The summed E-state index contributed by atoms with van der Waals surface area (Å²) >= 11 is 0. The normalized spacial score (nSPS) is 15.7. The monoisotopic (exact) mass is 340 g/mol. The maximum atomic E-state index is 6.55. The van der Waals surface area contributed by atoms with Gasteiger partial charge in [0.2, 0.25) is 0 Å². The zero-order valence-electron chi connectivity index (χ0n) is 14.7. The second kappa shape index (κ2) is 5.82. The van der Waals surface area contributed by atoms with Gasteiger partial charge in [0.05, 0.1) is 17.6 Å². The molecule has 26 heavy (non-hydrogen) atoms. The predicted molar refractivity (Wildman–Crippen MR) is 103 cm³/mol. The number of para-hydroxylation sites is 1. The van der Waals surface area contributed by atoms with E-state index in [9.17, 15) is 0 Å². The standard InChI is InChI=1S/C23H20N2O/c1-17-9-8-14-20-22(17)25-16-23(26-15-21(25)24-20,18-10-4-2-5-11-18)19-12-6-3-7-13-19/h2-14H,15-16H2,1H3. The zero-order valence-corrected chi connectivity index (χ0v) is 14.7. The smallest absolute Gasteiger partial charge is 0.137 e. The Morgan fingerprint density at radius 2 is 1.50 bits per heavy atom. The van der Waals surface area contributed by atoms with E-state index in [2.05, 4.69) is 78.2 Å². The number of nitrogens with zero attached hydrogens (tertiary/aromatic N) is 2. The lowest BCUT2D eigenvalue weighted by Crippen LogP contribution is -2.40. The molecule has 0 radical (unpaired) electrons. The van der Waals surface area contributed by atoms with Crippen molar-refractivity contribution in [2.75, 3.05) is 0 Å². The van der Waals surface area contributed by atoms with Crippen molar-refractivity contribution in [1.29, 1.82) is 0 Å². The van der Waals surface area contributed by atoms with Crippen molar-refractivity contribution in [1.82, 2.24) is 9.55 Å². The van der Waals surface area contributed by atoms with Gasteiger partial charge in [-0.1, -0.05) is 72.8 Å². The molecule has 0 fully saturated rings. The highest BCUT2D eigenvalue weighted by molar-refractivity contribution is 5.79. The van der Waals surface area contributed by atoms with Gasteiger partial charge in [-0.25, -0.2) is 4.98 Å². The Balaban J connectivity index is 1.75. The molecule has 0 unspecified atom stereocenters. The van der Waals surface area contributed by atoms with Crippen molar-refractivity contribution in [3.63, 3.8) is 0 Å². The van der Waals surface area contributed by atoms with Crippen LogP contribution in [-0.4, -0.2) is 9.55 Å². The molecule has 5 rings (SSSR count). The van der Waals surface area contributed by atoms with Crippen molar-refractivity contribution in [3.05, 3.63) is 101 Å². The number of hydrogen-bond acceptors (Lipinski definition) is 2. The Kier molecular flexibility index (Phi) is 3.44. The summed E-state index contributed by atoms with van der Waals surface area (Å²) in [7, 11) is 0. The molecule has 0 saturated carbocycles. The molecule has 0 aliphatic carbocycles. The van der Waals surface area contributed by atoms with Crippen LogP contribution in [-0.2, 0) is 23.5 Å². The van der Waals surface area contributed by atoms with Crippen LogP contribution >= 0.6 is 0 Å². The Morgan fingerprint density at radius 1 is 0.846 bits per heavy atom. The van der Waals surface area contributed by atoms with Crippen molar-refractivity contribution in [2.45, 2.75) is 25.7 Å². The van der Waals surface area contributed by atoms with Crippen molar-refractivity contribution >= 4 is 11.0 Å². The van der Waals surface area contributed by atoms with Crippen LogP contribution in [0.2, 0.25) is 0 Å². The highest BCUT2D eigenvalue weighted by Gasteiger charge is 2.40. The van der Waals surface area contributed by atoms with Gasteiger partial charge in [-0.15, -0.1) is 0 Å². The average molecular weight is 340 g/mol. The van der Waals surface area contributed by atoms with E-state index in [1.165, 1.54) is 22.2 Å². The number of benzene rings is 3. The van der Waals surface area contributed by atoms with Crippen molar-refractivity contribution in [2.24, 2.45) is 0 Å². The third-order valence-electron chi connectivity index (χ3n) is 5.36. The van der Waals surface area contributed by atoms with Gasteiger partial charge in [0, 0.05) is 0 Å².